The molecule has 0 spiro atoms. The number of guanidine groups is 1. The van der Waals surface area contributed by atoms with Crippen molar-refractivity contribution in [3.8, 4) is 0 Å². The Morgan fingerprint density at radius 2 is 2.11 bits per heavy atom. The van der Waals surface area contributed by atoms with E-state index in [0.29, 0.717) is 25.0 Å². The molecule has 6 heteroatoms. The first-order valence-corrected chi connectivity index (χ1v) is 6.55. The lowest BCUT2D eigenvalue weighted by atomic mass is 10.3. The fourth-order valence-electron chi connectivity index (χ4n) is 1.42. The molecule has 1 fully saturated rings. The highest BCUT2D eigenvalue weighted by Crippen LogP contribution is 2.18. The number of carbonyl (C=O) groups is 1. The van der Waals surface area contributed by atoms with Gasteiger partial charge in [-0.1, -0.05) is 13.3 Å². The molecule has 0 bridgehead atoms. The van der Waals surface area contributed by atoms with Crippen LogP contribution in [0.2, 0.25) is 0 Å². The minimum Gasteiger partial charge on any atom is -0.370 e. The standard InChI is InChI=1S/C12H24N4O.HI/c1-2-3-8-14-12(13)15-9-4-5-11(17)16-10-6-7-10;/h10H,2-9H2,1H3,(H,16,17)(H3,13,14,15);1H. The summed E-state index contributed by atoms with van der Waals surface area (Å²) in [6.07, 6.45) is 5.81. The third-order valence-electron chi connectivity index (χ3n) is 2.62. The normalized spacial score (nSPS) is 14.8. The molecule has 1 rings (SSSR count). The van der Waals surface area contributed by atoms with Crippen LogP contribution in [0.3, 0.4) is 0 Å². The molecule has 1 aliphatic rings. The first-order valence-electron chi connectivity index (χ1n) is 6.55. The van der Waals surface area contributed by atoms with Crippen molar-refractivity contribution in [1.82, 2.24) is 10.6 Å². The highest BCUT2D eigenvalue weighted by Gasteiger charge is 2.22. The average molecular weight is 368 g/mol. The summed E-state index contributed by atoms with van der Waals surface area (Å²) in [5.74, 6) is 0.626. The molecule has 0 heterocycles. The van der Waals surface area contributed by atoms with Gasteiger partial charge in [0, 0.05) is 25.6 Å². The van der Waals surface area contributed by atoms with Gasteiger partial charge in [0.2, 0.25) is 5.91 Å². The van der Waals surface area contributed by atoms with Crippen LogP contribution >= 0.6 is 24.0 Å². The van der Waals surface area contributed by atoms with Crippen molar-refractivity contribution in [2.75, 3.05) is 13.1 Å². The van der Waals surface area contributed by atoms with Gasteiger partial charge in [0.05, 0.1) is 0 Å². The van der Waals surface area contributed by atoms with Crippen LogP contribution in [0.25, 0.3) is 0 Å². The van der Waals surface area contributed by atoms with E-state index in [-0.39, 0.29) is 29.9 Å². The van der Waals surface area contributed by atoms with Crippen molar-refractivity contribution in [2.45, 2.75) is 51.5 Å². The molecule has 0 saturated heterocycles. The zero-order valence-corrected chi connectivity index (χ0v) is 13.4. The topological polar surface area (TPSA) is 79.5 Å². The quantitative estimate of drug-likeness (QED) is 0.262. The summed E-state index contributed by atoms with van der Waals surface area (Å²) in [4.78, 5) is 15.5. The maximum Gasteiger partial charge on any atom is 0.220 e. The second-order valence-electron chi connectivity index (χ2n) is 4.49. The fourth-order valence-corrected chi connectivity index (χ4v) is 1.42. The van der Waals surface area contributed by atoms with E-state index >= 15 is 0 Å². The molecule has 1 saturated carbocycles. The highest BCUT2D eigenvalue weighted by atomic mass is 127. The number of nitrogens with two attached hydrogens (primary N) is 1. The third-order valence-corrected chi connectivity index (χ3v) is 2.62. The molecule has 18 heavy (non-hydrogen) atoms. The summed E-state index contributed by atoms with van der Waals surface area (Å²) in [5, 5.41) is 5.99. The zero-order chi connectivity index (χ0) is 12.5. The lowest BCUT2D eigenvalue weighted by Crippen LogP contribution is -2.32. The largest absolute Gasteiger partial charge is 0.370 e. The Morgan fingerprint density at radius 1 is 1.39 bits per heavy atom. The molecule has 1 aliphatic carbocycles. The van der Waals surface area contributed by atoms with Crippen LogP contribution in [-0.4, -0.2) is 31.0 Å². The van der Waals surface area contributed by atoms with E-state index < -0.39 is 0 Å². The lowest BCUT2D eigenvalue weighted by molar-refractivity contribution is -0.121. The fraction of sp³-hybridized carbons (Fsp3) is 0.833. The Bertz CT molecular complexity index is 267. The summed E-state index contributed by atoms with van der Waals surface area (Å²) >= 11 is 0. The Morgan fingerprint density at radius 3 is 2.72 bits per heavy atom. The Hall–Kier alpha value is -0.530. The molecule has 0 aromatic heterocycles. The molecular formula is C12H25IN4O. The van der Waals surface area contributed by atoms with Crippen LogP contribution in [0.5, 0.6) is 0 Å². The molecule has 0 unspecified atom stereocenters. The van der Waals surface area contributed by atoms with Crippen molar-refractivity contribution in [2.24, 2.45) is 10.7 Å². The van der Waals surface area contributed by atoms with Crippen LogP contribution in [0.4, 0.5) is 0 Å². The average Bonchev–Trinajstić information content (AvgIpc) is 3.09. The number of aliphatic imine (C=N–C) groups is 1. The van der Waals surface area contributed by atoms with E-state index in [1.807, 2.05) is 0 Å². The number of amides is 1. The van der Waals surface area contributed by atoms with Gasteiger partial charge in [-0.2, -0.15) is 0 Å². The van der Waals surface area contributed by atoms with Crippen molar-refractivity contribution in [3.63, 3.8) is 0 Å². The van der Waals surface area contributed by atoms with Gasteiger partial charge >= 0.3 is 0 Å². The monoisotopic (exact) mass is 368 g/mol. The predicted octanol–water partition coefficient (Wildman–Crippen LogP) is 1.37. The van der Waals surface area contributed by atoms with Crippen LogP contribution in [-0.2, 0) is 4.79 Å². The summed E-state index contributed by atoms with van der Waals surface area (Å²) in [6.45, 7) is 3.62. The number of nitrogens with one attached hydrogen (secondary N) is 2. The smallest absolute Gasteiger partial charge is 0.220 e. The minimum atomic E-state index is 0. The van der Waals surface area contributed by atoms with E-state index in [4.69, 9.17) is 5.73 Å². The first kappa shape index (κ1) is 17.5. The Labute approximate surface area is 126 Å². The van der Waals surface area contributed by atoms with Crippen LogP contribution in [0.1, 0.15) is 45.4 Å². The number of hydrogen-bond donors (Lipinski definition) is 3. The molecular weight excluding hydrogens is 343 g/mol. The predicted molar refractivity (Wildman–Crippen MR) is 85.2 cm³/mol. The number of carbonyl (C=O) groups excluding carboxylic acids is 1. The summed E-state index contributed by atoms with van der Waals surface area (Å²) in [5.41, 5.74) is 5.66. The second kappa shape index (κ2) is 10.4. The first-order chi connectivity index (χ1) is 8.22. The maximum atomic E-state index is 11.3. The van der Waals surface area contributed by atoms with Gasteiger partial charge in [-0.15, -0.1) is 24.0 Å². The van der Waals surface area contributed by atoms with Crippen molar-refractivity contribution < 1.29 is 4.79 Å². The minimum absolute atomic E-state index is 0. The number of nitrogens with zero attached hydrogens (tertiary/aromatic N) is 1. The van der Waals surface area contributed by atoms with E-state index in [9.17, 15) is 4.79 Å². The molecule has 0 atom stereocenters. The van der Waals surface area contributed by atoms with Gasteiger partial charge in [-0.25, -0.2) is 0 Å². The summed E-state index contributed by atoms with van der Waals surface area (Å²) in [7, 11) is 0. The van der Waals surface area contributed by atoms with Gasteiger partial charge in [-0.3, -0.25) is 9.79 Å². The number of halogens is 1. The molecule has 5 nitrogen and oxygen atoms in total. The van der Waals surface area contributed by atoms with Crippen molar-refractivity contribution in [3.05, 3.63) is 0 Å². The summed E-state index contributed by atoms with van der Waals surface area (Å²) in [6, 6.07) is 0.451. The van der Waals surface area contributed by atoms with Gasteiger partial charge in [0.1, 0.15) is 0 Å². The van der Waals surface area contributed by atoms with Crippen LogP contribution in [0.15, 0.2) is 4.99 Å². The lowest BCUT2D eigenvalue weighted by Gasteiger charge is -2.04. The molecule has 0 aromatic rings. The van der Waals surface area contributed by atoms with Crippen molar-refractivity contribution in [1.29, 1.82) is 0 Å². The van der Waals surface area contributed by atoms with Gasteiger partial charge in [0.15, 0.2) is 5.96 Å². The zero-order valence-electron chi connectivity index (χ0n) is 11.1. The summed E-state index contributed by atoms with van der Waals surface area (Å²) < 4.78 is 0. The van der Waals surface area contributed by atoms with Gasteiger partial charge < -0.3 is 16.4 Å². The van der Waals surface area contributed by atoms with E-state index in [1.54, 1.807) is 0 Å². The molecule has 4 N–H and O–H groups in total. The highest BCUT2D eigenvalue weighted by molar-refractivity contribution is 14.0. The maximum absolute atomic E-state index is 11.3. The molecule has 106 valence electrons. The molecule has 0 radical (unpaired) electrons. The van der Waals surface area contributed by atoms with E-state index in [0.717, 1.165) is 38.6 Å². The molecule has 0 aliphatic heterocycles. The van der Waals surface area contributed by atoms with Gasteiger partial charge in [-0.05, 0) is 25.7 Å². The van der Waals surface area contributed by atoms with Crippen LogP contribution in [0, 0.1) is 0 Å². The number of hydrogen-bond acceptors (Lipinski definition) is 2. The Balaban J connectivity index is 0.00000289. The number of unbranched alkanes of at least 4 members (excludes halogenated alkanes) is 1. The molecule has 1 amide bonds. The number of rotatable bonds is 8. The van der Waals surface area contributed by atoms with E-state index in [1.165, 1.54) is 0 Å². The van der Waals surface area contributed by atoms with Crippen LogP contribution < -0.4 is 16.4 Å². The SMILES string of the molecule is CCCCNC(N)=NCCCC(=O)NC1CC1.I. The second-order valence-corrected chi connectivity index (χ2v) is 4.49. The molecule has 0 aromatic carbocycles. The third kappa shape index (κ3) is 9.49. The Kier molecular flexibility index (Phi) is 10.1. The van der Waals surface area contributed by atoms with Gasteiger partial charge in [0.25, 0.3) is 0 Å². The van der Waals surface area contributed by atoms with Crippen molar-refractivity contribution >= 4 is 35.8 Å². The van der Waals surface area contributed by atoms with E-state index in [2.05, 4.69) is 22.5 Å².